The number of hydrogen-bond donors (Lipinski definition) is 1. The number of sulfonamides is 1. The van der Waals surface area contributed by atoms with Crippen molar-refractivity contribution in [2.24, 2.45) is 5.14 Å². The molecule has 0 fully saturated rings. The summed E-state index contributed by atoms with van der Waals surface area (Å²) in [4.78, 5) is -0.113. The van der Waals surface area contributed by atoms with Gasteiger partial charge in [0.15, 0.2) is 5.76 Å². The standard InChI is InChI=1S/C23H16BrF3N2O3S/c1-13-21(24)22(32-29-13)19-12-16(33(28,30)31)10-11-17(19)14-6-8-15(9-7-14)18-4-2-3-5-20(18)23(25,26)27/h2-12H,1H3,(H2,28,30,31). The number of halogens is 4. The second kappa shape index (κ2) is 8.44. The van der Waals surface area contributed by atoms with E-state index in [1.165, 1.54) is 24.3 Å². The predicted molar refractivity (Wildman–Crippen MR) is 122 cm³/mol. The van der Waals surface area contributed by atoms with E-state index in [-0.39, 0.29) is 10.5 Å². The Balaban J connectivity index is 1.85. The van der Waals surface area contributed by atoms with E-state index in [0.717, 1.165) is 6.07 Å². The molecule has 10 heteroatoms. The minimum absolute atomic E-state index is 0.0648. The van der Waals surface area contributed by atoms with Crippen molar-refractivity contribution in [3.05, 3.63) is 82.5 Å². The molecule has 170 valence electrons. The molecule has 0 saturated heterocycles. The van der Waals surface area contributed by atoms with Crippen LogP contribution in [0.5, 0.6) is 0 Å². The lowest BCUT2D eigenvalue weighted by Gasteiger charge is -2.14. The number of nitrogens with zero attached hydrogens (tertiary/aromatic N) is 1. The van der Waals surface area contributed by atoms with Crippen LogP contribution in [-0.4, -0.2) is 13.6 Å². The smallest absolute Gasteiger partial charge is 0.355 e. The first-order valence-corrected chi connectivity index (χ1v) is 11.9. The van der Waals surface area contributed by atoms with E-state index in [4.69, 9.17) is 9.66 Å². The van der Waals surface area contributed by atoms with Crippen molar-refractivity contribution in [2.45, 2.75) is 18.0 Å². The molecule has 0 spiro atoms. The van der Waals surface area contributed by atoms with Crippen LogP contribution in [0, 0.1) is 6.92 Å². The third kappa shape index (κ3) is 4.59. The number of alkyl halides is 3. The van der Waals surface area contributed by atoms with Gasteiger partial charge in [-0.05, 0) is 63.3 Å². The van der Waals surface area contributed by atoms with E-state index < -0.39 is 21.8 Å². The molecule has 0 saturated carbocycles. The highest BCUT2D eigenvalue weighted by molar-refractivity contribution is 9.10. The SMILES string of the molecule is Cc1noc(-c2cc(S(N)(=O)=O)ccc2-c2ccc(-c3ccccc3C(F)(F)F)cc2)c1Br. The summed E-state index contributed by atoms with van der Waals surface area (Å²) in [5.74, 6) is 0.305. The minimum Gasteiger partial charge on any atom is -0.355 e. The molecular formula is C23H16BrF3N2O3S. The average Bonchev–Trinajstić information content (AvgIpc) is 3.10. The first-order valence-electron chi connectivity index (χ1n) is 9.53. The van der Waals surface area contributed by atoms with Crippen molar-refractivity contribution in [3.63, 3.8) is 0 Å². The third-order valence-corrected chi connectivity index (χ3v) is 6.94. The number of aryl methyl sites for hydroxylation is 1. The molecule has 1 heterocycles. The van der Waals surface area contributed by atoms with Crippen molar-refractivity contribution in [3.8, 4) is 33.6 Å². The molecule has 0 atom stereocenters. The summed E-state index contributed by atoms with van der Waals surface area (Å²) < 4.78 is 70.0. The lowest BCUT2D eigenvalue weighted by molar-refractivity contribution is -0.137. The van der Waals surface area contributed by atoms with Gasteiger partial charge in [-0.15, -0.1) is 0 Å². The summed E-state index contributed by atoms with van der Waals surface area (Å²) in [6.07, 6.45) is -4.48. The fourth-order valence-electron chi connectivity index (χ4n) is 3.48. The molecule has 0 radical (unpaired) electrons. The first kappa shape index (κ1) is 23.2. The van der Waals surface area contributed by atoms with Crippen LogP contribution in [0.15, 0.2) is 80.6 Å². The Morgan fingerprint density at radius 3 is 2.06 bits per heavy atom. The van der Waals surface area contributed by atoms with Crippen LogP contribution in [-0.2, 0) is 16.2 Å². The van der Waals surface area contributed by atoms with Gasteiger partial charge in [0.25, 0.3) is 0 Å². The van der Waals surface area contributed by atoms with Gasteiger partial charge in [-0.2, -0.15) is 13.2 Å². The topological polar surface area (TPSA) is 86.2 Å². The maximum absolute atomic E-state index is 13.4. The zero-order valence-corrected chi connectivity index (χ0v) is 19.4. The molecular weight excluding hydrogens is 521 g/mol. The van der Waals surface area contributed by atoms with E-state index in [1.807, 2.05) is 0 Å². The number of nitrogens with two attached hydrogens (primary N) is 1. The van der Waals surface area contributed by atoms with E-state index in [1.54, 1.807) is 43.3 Å². The first-order chi connectivity index (χ1) is 15.5. The zero-order valence-electron chi connectivity index (χ0n) is 17.0. The van der Waals surface area contributed by atoms with Crippen LogP contribution in [0.2, 0.25) is 0 Å². The van der Waals surface area contributed by atoms with Gasteiger partial charge >= 0.3 is 6.18 Å². The van der Waals surface area contributed by atoms with Crippen molar-refractivity contribution in [2.75, 3.05) is 0 Å². The summed E-state index contributed by atoms with van der Waals surface area (Å²) >= 11 is 3.39. The molecule has 5 nitrogen and oxygen atoms in total. The molecule has 4 rings (SSSR count). The second-order valence-electron chi connectivity index (χ2n) is 7.28. The van der Waals surface area contributed by atoms with E-state index >= 15 is 0 Å². The fourth-order valence-corrected chi connectivity index (χ4v) is 4.38. The van der Waals surface area contributed by atoms with Gasteiger partial charge in [-0.25, -0.2) is 13.6 Å². The highest BCUT2D eigenvalue weighted by Gasteiger charge is 2.33. The van der Waals surface area contributed by atoms with E-state index in [9.17, 15) is 21.6 Å². The molecule has 0 unspecified atom stereocenters. The maximum atomic E-state index is 13.4. The van der Waals surface area contributed by atoms with Crippen LogP contribution in [0.3, 0.4) is 0 Å². The average molecular weight is 537 g/mol. The predicted octanol–water partition coefficient (Wildman–Crippen LogP) is 6.41. The molecule has 0 aliphatic heterocycles. The lowest BCUT2D eigenvalue weighted by Crippen LogP contribution is -2.12. The summed E-state index contributed by atoms with van der Waals surface area (Å²) in [5, 5.41) is 9.19. The van der Waals surface area contributed by atoms with Crippen molar-refractivity contribution in [1.82, 2.24) is 5.16 Å². The Hall–Kier alpha value is -2.95. The molecule has 0 aliphatic rings. The van der Waals surface area contributed by atoms with Gasteiger partial charge in [0.05, 0.1) is 20.6 Å². The van der Waals surface area contributed by atoms with Crippen LogP contribution < -0.4 is 5.14 Å². The number of primary sulfonamides is 1. The molecule has 2 N–H and O–H groups in total. The normalized spacial score (nSPS) is 12.2. The summed E-state index contributed by atoms with van der Waals surface area (Å²) in [7, 11) is -3.98. The van der Waals surface area contributed by atoms with Crippen LogP contribution in [0.1, 0.15) is 11.3 Å². The van der Waals surface area contributed by atoms with Gasteiger partial charge in [0.1, 0.15) is 0 Å². The highest BCUT2D eigenvalue weighted by atomic mass is 79.9. The second-order valence-corrected chi connectivity index (χ2v) is 9.64. The number of benzene rings is 3. The molecule has 0 aliphatic carbocycles. The third-order valence-electron chi connectivity index (χ3n) is 5.09. The Bertz CT molecular complexity index is 1450. The Morgan fingerprint density at radius 2 is 1.52 bits per heavy atom. The quantitative estimate of drug-likeness (QED) is 0.326. The Labute approximate surface area is 196 Å². The summed E-state index contributed by atoms with van der Waals surface area (Å²) in [6, 6.07) is 16.1. The molecule has 4 aromatic rings. The van der Waals surface area contributed by atoms with Gasteiger partial charge in [0.2, 0.25) is 10.0 Å². The maximum Gasteiger partial charge on any atom is 0.417 e. The van der Waals surface area contributed by atoms with Gasteiger partial charge < -0.3 is 4.52 Å². The number of aromatic nitrogens is 1. The van der Waals surface area contributed by atoms with Crippen LogP contribution in [0.25, 0.3) is 33.6 Å². The minimum atomic E-state index is -4.48. The molecule has 0 bridgehead atoms. The highest BCUT2D eigenvalue weighted by Crippen LogP contribution is 2.40. The fraction of sp³-hybridized carbons (Fsp3) is 0.0870. The molecule has 3 aromatic carbocycles. The van der Waals surface area contributed by atoms with Gasteiger partial charge in [-0.3, -0.25) is 0 Å². The molecule has 0 amide bonds. The summed E-state index contributed by atoms with van der Waals surface area (Å²) in [5.41, 5.74) is 1.95. The lowest BCUT2D eigenvalue weighted by atomic mass is 9.94. The molecule has 33 heavy (non-hydrogen) atoms. The Morgan fingerprint density at radius 1 is 0.909 bits per heavy atom. The molecule has 1 aromatic heterocycles. The number of rotatable bonds is 4. The van der Waals surface area contributed by atoms with Gasteiger partial charge in [-0.1, -0.05) is 53.7 Å². The van der Waals surface area contributed by atoms with E-state index in [0.29, 0.717) is 38.2 Å². The van der Waals surface area contributed by atoms with Crippen LogP contribution >= 0.6 is 15.9 Å². The van der Waals surface area contributed by atoms with Crippen LogP contribution in [0.4, 0.5) is 13.2 Å². The number of hydrogen-bond acceptors (Lipinski definition) is 4. The van der Waals surface area contributed by atoms with E-state index in [2.05, 4.69) is 21.1 Å². The van der Waals surface area contributed by atoms with Crippen molar-refractivity contribution in [1.29, 1.82) is 0 Å². The zero-order chi connectivity index (χ0) is 24.0. The van der Waals surface area contributed by atoms with Gasteiger partial charge in [0, 0.05) is 5.56 Å². The van der Waals surface area contributed by atoms with Crippen molar-refractivity contribution >= 4 is 26.0 Å². The largest absolute Gasteiger partial charge is 0.417 e. The summed E-state index contributed by atoms with van der Waals surface area (Å²) in [6.45, 7) is 1.72. The monoisotopic (exact) mass is 536 g/mol. The Kier molecular flexibility index (Phi) is 5.94. The van der Waals surface area contributed by atoms with Crippen molar-refractivity contribution < 1.29 is 26.1 Å².